The highest BCUT2D eigenvalue weighted by molar-refractivity contribution is 5.91. The Bertz CT molecular complexity index is 1100. The van der Waals surface area contributed by atoms with Crippen molar-refractivity contribution >= 4 is 11.9 Å². The molecule has 1 aliphatic heterocycles. The van der Waals surface area contributed by atoms with Crippen LogP contribution in [-0.4, -0.2) is 16.7 Å². The van der Waals surface area contributed by atoms with Gasteiger partial charge in [0.05, 0.1) is 0 Å². The van der Waals surface area contributed by atoms with Crippen LogP contribution in [0.3, 0.4) is 0 Å². The normalized spacial score (nSPS) is 16.5. The molecule has 0 fully saturated rings. The third-order valence-electron chi connectivity index (χ3n) is 6.20. The zero-order chi connectivity index (χ0) is 25.1. The number of benzene rings is 2. The molecule has 1 N–H and O–H groups in total. The van der Waals surface area contributed by atoms with Crippen molar-refractivity contribution in [3.05, 3.63) is 57.6 Å². The SMILES string of the molecule is Cc1cc(C2C(=O)Oc3c2cc(C(C)(C)C)cc3C(C)(C)C)cc(C)c1OC(=[OH+])C(C)(C)C. The van der Waals surface area contributed by atoms with Crippen molar-refractivity contribution < 1.29 is 19.1 Å². The van der Waals surface area contributed by atoms with Gasteiger partial charge in [0, 0.05) is 22.3 Å². The second-order valence-corrected chi connectivity index (χ2v) is 12.4. The fourth-order valence-corrected chi connectivity index (χ4v) is 4.13. The Morgan fingerprint density at radius 2 is 1.42 bits per heavy atom. The van der Waals surface area contributed by atoms with Crippen molar-refractivity contribution in [1.82, 2.24) is 0 Å². The monoisotopic (exact) mass is 451 g/mol. The Morgan fingerprint density at radius 1 is 0.879 bits per heavy atom. The predicted molar refractivity (Wildman–Crippen MR) is 134 cm³/mol. The molecule has 1 atom stereocenters. The molecule has 0 spiro atoms. The minimum Gasteiger partial charge on any atom is -0.425 e. The molecule has 33 heavy (non-hydrogen) atoms. The minimum absolute atomic E-state index is 0.0308. The van der Waals surface area contributed by atoms with E-state index in [4.69, 9.17) is 9.47 Å². The van der Waals surface area contributed by atoms with Crippen molar-refractivity contribution in [3.8, 4) is 11.5 Å². The van der Waals surface area contributed by atoms with Crippen LogP contribution in [0.25, 0.3) is 0 Å². The van der Waals surface area contributed by atoms with Gasteiger partial charge in [0.1, 0.15) is 17.1 Å². The average Bonchev–Trinajstić information content (AvgIpc) is 2.96. The van der Waals surface area contributed by atoms with E-state index in [1.165, 1.54) is 5.56 Å². The third-order valence-corrected chi connectivity index (χ3v) is 6.20. The van der Waals surface area contributed by atoms with Crippen molar-refractivity contribution in [3.63, 3.8) is 0 Å². The summed E-state index contributed by atoms with van der Waals surface area (Å²) in [6, 6.07) is 8.26. The number of ether oxygens (including phenoxy) is 2. The number of hydrogen-bond donors (Lipinski definition) is 0. The third kappa shape index (κ3) is 4.85. The van der Waals surface area contributed by atoms with Crippen LogP contribution < -0.4 is 9.47 Å². The van der Waals surface area contributed by atoms with E-state index in [-0.39, 0.29) is 22.8 Å². The van der Waals surface area contributed by atoms with E-state index in [2.05, 4.69) is 53.7 Å². The lowest BCUT2D eigenvalue weighted by Gasteiger charge is -2.27. The fourth-order valence-electron chi connectivity index (χ4n) is 4.13. The summed E-state index contributed by atoms with van der Waals surface area (Å²) in [6.07, 6.45) is 0. The number of hydrogen-bond acceptors (Lipinski definition) is 3. The summed E-state index contributed by atoms with van der Waals surface area (Å²) in [5, 5.41) is 0. The maximum Gasteiger partial charge on any atom is 0.494 e. The van der Waals surface area contributed by atoms with Crippen LogP contribution in [0.15, 0.2) is 24.3 Å². The van der Waals surface area contributed by atoms with Crippen molar-refractivity contribution in [1.29, 1.82) is 0 Å². The molecule has 0 saturated heterocycles. The number of esters is 2. The predicted octanol–water partition coefficient (Wildman–Crippen LogP) is 6.88. The van der Waals surface area contributed by atoms with E-state index < -0.39 is 11.3 Å². The van der Waals surface area contributed by atoms with Gasteiger partial charge in [-0.05, 0) is 68.7 Å². The summed E-state index contributed by atoms with van der Waals surface area (Å²) in [7, 11) is 0. The van der Waals surface area contributed by atoms with Crippen LogP contribution in [-0.2, 0) is 15.6 Å². The van der Waals surface area contributed by atoms with Crippen LogP contribution in [0.1, 0.15) is 102 Å². The Kier molecular flexibility index (Phi) is 6.06. The molecule has 3 rings (SSSR count). The Morgan fingerprint density at radius 3 is 1.88 bits per heavy atom. The summed E-state index contributed by atoms with van der Waals surface area (Å²) in [4.78, 5) is 23.6. The molecule has 0 aliphatic carbocycles. The lowest BCUT2D eigenvalue weighted by molar-refractivity contribution is -0.133. The highest BCUT2D eigenvalue weighted by Crippen LogP contribution is 2.48. The summed E-state index contributed by atoms with van der Waals surface area (Å²) in [5.41, 5.74) is 5.07. The van der Waals surface area contributed by atoms with E-state index in [1.54, 1.807) is 0 Å². The van der Waals surface area contributed by atoms with Crippen LogP contribution >= 0.6 is 0 Å². The first kappa shape index (κ1) is 25.0. The summed E-state index contributed by atoms with van der Waals surface area (Å²) in [5.74, 6) is 0.543. The maximum atomic E-state index is 13.2. The first-order valence-electron chi connectivity index (χ1n) is 11.7. The van der Waals surface area contributed by atoms with Crippen LogP contribution in [0.2, 0.25) is 0 Å². The molecular formula is C29H39O4+. The van der Waals surface area contributed by atoms with Crippen LogP contribution in [0.4, 0.5) is 0 Å². The van der Waals surface area contributed by atoms with E-state index >= 15 is 0 Å². The van der Waals surface area contributed by atoms with Gasteiger partial charge in [0.2, 0.25) is 0 Å². The molecule has 2 aromatic rings. The van der Waals surface area contributed by atoms with Gasteiger partial charge in [-0.25, -0.2) is 0 Å². The summed E-state index contributed by atoms with van der Waals surface area (Å²) in [6.45, 7) is 22.6. The largest absolute Gasteiger partial charge is 0.494 e. The standard InChI is InChI=1S/C29H38O4/c1-16-12-18(13-17(2)23(16)33-26(31)29(9,10)11)22-20-14-19(27(3,4)5)15-21(28(6,7)8)24(20)32-25(22)30/h12-15,22H,1-11H3/p+1. The highest BCUT2D eigenvalue weighted by Gasteiger charge is 2.40. The Labute approximate surface area is 198 Å². The van der Waals surface area contributed by atoms with Crippen molar-refractivity contribution in [2.24, 2.45) is 5.41 Å². The molecule has 0 radical (unpaired) electrons. The highest BCUT2D eigenvalue weighted by atomic mass is 16.5. The molecule has 1 aliphatic rings. The van der Waals surface area contributed by atoms with E-state index in [9.17, 15) is 9.59 Å². The Hall–Kier alpha value is -2.62. The molecule has 0 bridgehead atoms. The molecule has 0 saturated carbocycles. The second-order valence-electron chi connectivity index (χ2n) is 12.4. The van der Waals surface area contributed by atoms with Gasteiger partial charge in [-0.3, -0.25) is 9.53 Å². The summed E-state index contributed by atoms with van der Waals surface area (Å²) >= 11 is 0. The lowest BCUT2D eigenvalue weighted by Crippen LogP contribution is -2.26. The van der Waals surface area contributed by atoms with Crippen LogP contribution in [0, 0.1) is 19.3 Å². The zero-order valence-electron chi connectivity index (χ0n) is 22.1. The Balaban J connectivity index is 2.15. The second kappa shape index (κ2) is 8.00. The molecule has 0 amide bonds. The van der Waals surface area contributed by atoms with E-state index in [0.717, 1.165) is 27.8 Å². The van der Waals surface area contributed by atoms with Crippen molar-refractivity contribution in [2.45, 2.75) is 92.9 Å². The number of fused-ring (bicyclic) bond motifs is 1. The van der Waals surface area contributed by atoms with Gasteiger partial charge in [-0.15, -0.1) is 0 Å². The average molecular weight is 452 g/mol. The quantitative estimate of drug-likeness (QED) is 0.284. The number of aryl methyl sites for hydroxylation is 2. The first-order valence-corrected chi connectivity index (χ1v) is 11.7. The molecular weight excluding hydrogens is 412 g/mol. The molecule has 178 valence electrons. The van der Waals surface area contributed by atoms with Gasteiger partial charge in [0.25, 0.3) is 5.75 Å². The summed E-state index contributed by atoms with van der Waals surface area (Å²) < 4.78 is 11.7. The molecule has 4 nitrogen and oxygen atoms in total. The first-order chi connectivity index (χ1) is 14.9. The molecule has 4 heteroatoms. The van der Waals surface area contributed by atoms with Crippen molar-refractivity contribution in [2.75, 3.05) is 0 Å². The minimum atomic E-state index is -0.491. The lowest BCUT2D eigenvalue weighted by atomic mass is 9.77. The van der Waals surface area contributed by atoms with Gasteiger partial charge < -0.3 is 9.53 Å². The molecule has 0 aromatic heterocycles. The molecule has 1 unspecified atom stereocenters. The molecule has 2 aromatic carbocycles. The van der Waals surface area contributed by atoms with E-state index in [1.807, 2.05) is 46.8 Å². The zero-order valence-corrected chi connectivity index (χ0v) is 22.1. The van der Waals surface area contributed by atoms with Gasteiger partial charge in [0.15, 0.2) is 0 Å². The number of carbonyl (C=O) groups is 1. The number of rotatable bonds is 2. The number of carbonyl (C=O) groups excluding carboxylic acids is 2. The van der Waals surface area contributed by atoms with Gasteiger partial charge >= 0.3 is 11.9 Å². The molecule has 1 heterocycles. The van der Waals surface area contributed by atoms with Gasteiger partial charge in [-0.1, -0.05) is 53.7 Å². The smallest absolute Gasteiger partial charge is 0.425 e. The van der Waals surface area contributed by atoms with Gasteiger partial charge in [-0.2, -0.15) is 0 Å². The topological polar surface area (TPSA) is 56.9 Å². The van der Waals surface area contributed by atoms with E-state index in [0.29, 0.717) is 11.5 Å². The maximum absolute atomic E-state index is 13.2. The van der Waals surface area contributed by atoms with Crippen LogP contribution in [0.5, 0.6) is 11.5 Å². The fraction of sp³-hybridized carbons (Fsp3) is 0.517.